The number of hydrogen-bond acceptors (Lipinski definition) is 7. The average Bonchev–Trinajstić information content (AvgIpc) is 3.38. The number of carbonyl (C=O) groups excluding carboxylic acids is 1. The number of nitrogens with zero attached hydrogens (tertiary/aromatic N) is 6. The van der Waals surface area contributed by atoms with E-state index in [1.54, 1.807) is 42.7 Å². The van der Waals surface area contributed by atoms with Crippen molar-refractivity contribution in [1.29, 1.82) is 0 Å². The van der Waals surface area contributed by atoms with Crippen LogP contribution in [0.1, 0.15) is 16.8 Å². The first kappa shape index (κ1) is 24.1. The molecule has 2 heterocycles. The lowest BCUT2D eigenvalue weighted by Gasteiger charge is -2.23. The summed E-state index contributed by atoms with van der Waals surface area (Å²) in [5.41, 5.74) is 1.70. The van der Waals surface area contributed by atoms with Gasteiger partial charge in [0, 0.05) is 47.4 Å². The minimum Gasteiger partial charge on any atom is -0.492 e. The Morgan fingerprint density at radius 2 is 2.00 bits per heavy atom. The highest BCUT2D eigenvalue weighted by Gasteiger charge is 2.20. The molecule has 0 unspecified atom stereocenters. The Morgan fingerprint density at radius 3 is 2.77 bits per heavy atom. The van der Waals surface area contributed by atoms with Crippen LogP contribution >= 0.6 is 11.6 Å². The van der Waals surface area contributed by atoms with E-state index < -0.39 is 5.82 Å². The molecule has 35 heavy (non-hydrogen) atoms. The summed E-state index contributed by atoms with van der Waals surface area (Å²) in [6.07, 6.45) is 5.27. The van der Waals surface area contributed by atoms with Gasteiger partial charge in [0.2, 0.25) is 0 Å². The molecule has 0 aliphatic carbocycles. The molecule has 0 saturated heterocycles. The van der Waals surface area contributed by atoms with Crippen LogP contribution in [0.2, 0.25) is 5.02 Å². The third-order valence-corrected chi connectivity index (χ3v) is 5.21. The number of anilines is 2. The number of tetrazole rings is 1. The maximum absolute atomic E-state index is 13.9. The zero-order chi connectivity index (χ0) is 24.5. The van der Waals surface area contributed by atoms with Crippen molar-refractivity contribution in [2.75, 3.05) is 29.9 Å². The molecule has 2 aromatic carbocycles. The van der Waals surface area contributed by atoms with E-state index in [1.165, 1.54) is 28.2 Å². The van der Waals surface area contributed by atoms with Crippen LogP contribution in [0.3, 0.4) is 0 Å². The first-order valence-corrected chi connectivity index (χ1v) is 11.3. The number of halogens is 2. The predicted molar refractivity (Wildman–Crippen MR) is 130 cm³/mol. The van der Waals surface area contributed by atoms with Crippen LogP contribution in [-0.2, 0) is 6.54 Å². The third kappa shape index (κ3) is 6.97. The van der Waals surface area contributed by atoms with Gasteiger partial charge in [-0.3, -0.25) is 9.78 Å². The molecule has 4 rings (SSSR count). The molecule has 0 spiro atoms. The van der Waals surface area contributed by atoms with Gasteiger partial charge in [0.05, 0.1) is 6.54 Å². The number of aromatic nitrogens is 5. The number of amides is 1. The molecule has 0 fully saturated rings. The fourth-order valence-corrected chi connectivity index (χ4v) is 3.64. The summed E-state index contributed by atoms with van der Waals surface area (Å²) >= 11 is 6.29. The normalized spacial score (nSPS) is 10.7. The number of pyridine rings is 1. The average molecular weight is 496 g/mol. The fourth-order valence-electron chi connectivity index (χ4n) is 3.41. The number of hydrogen-bond donors (Lipinski definition) is 1. The molecular weight excluding hydrogens is 473 g/mol. The van der Waals surface area contributed by atoms with Gasteiger partial charge in [-0.1, -0.05) is 17.7 Å². The molecule has 0 radical (unpaired) electrons. The summed E-state index contributed by atoms with van der Waals surface area (Å²) in [7, 11) is 0. The van der Waals surface area contributed by atoms with Crippen LogP contribution in [-0.4, -0.2) is 50.8 Å². The standard InChI is InChI=1S/C24H23ClFN7O2/c25-19-13-18(14-23(15-19)35-12-9-28-21-5-7-27-8-6-21)24(34)32(22-4-1-3-20(26)16-22)10-2-11-33-30-17-29-31-33/h1,3-8,13-17H,2,9-12H2,(H,27,28). The lowest BCUT2D eigenvalue weighted by Crippen LogP contribution is -2.32. The predicted octanol–water partition coefficient (Wildman–Crippen LogP) is 4.09. The van der Waals surface area contributed by atoms with E-state index in [9.17, 15) is 9.18 Å². The van der Waals surface area contributed by atoms with E-state index >= 15 is 0 Å². The van der Waals surface area contributed by atoms with Gasteiger partial charge >= 0.3 is 0 Å². The molecule has 1 N–H and O–H groups in total. The van der Waals surface area contributed by atoms with Gasteiger partial charge < -0.3 is 15.0 Å². The van der Waals surface area contributed by atoms with Crippen LogP contribution in [0, 0.1) is 5.82 Å². The van der Waals surface area contributed by atoms with Gasteiger partial charge in [-0.05, 0) is 60.2 Å². The van der Waals surface area contributed by atoms with Gasteiger partial charge in [-0.15, -0.1) is 10.2 Å². The Balaban J connectivity index is 1.45. The Hall–Kier alpha value is -4.05. The molecular formula is C24H23ClFN7O2. The van der Waals surface area contributed by atoms with E-state index in [0.29, 0.717) is 54.7 Å². The Bertz CT molecular complexity index is 1240. The Morgan fingerprint density at radius 1 is 1.14 bits per heavy atom. The number of ether oxygens (including phenoxy) is 1. The quantitative estimate of drug-likeness (QED) is 0.313. The summed E-state index contributed by atoms with van der Waals surface area (Å²) in [6, 6.07) is 14.5. The molecule has 0 saturated carbocycles. The highest BCUT2D eigenvalue weighted by atomic mass is 35.5. The van der Waals surface area contributed by atoms with Gasteiger partial charge in [0.15, 0.2) is 6.33 Å². The maximum Gasteiger partial charge on any atom is 0.258 e. The fraction of sp³-hybridized carbons (Fsp3) is 0.208. The van der Waals surface area contributed by atoms with Gasteiger partial charge in [-0.25, -0.2) is 4.39 Å². The highest BCUT2D eigenvalue weighted by Crippen LogP contribution is 2.25. The number of aryl methyl sites for hydroxylation is 1. The SMILES string of the molecule is O=C(c1cc(Cl)cc(OCCNc2ccncc2)c1)N(CCCn1ncnn1)c1cccc(F)c1. The summed E-state index contributed by atoms with van der Waals surface area (Å²) in [5, 5.41) is 15.1. The van der Waals surface area contributed by atoms with Crippen molar-refractivity contribution < 1.29 is 13.9 Å². The molecule has 0 bridgehead atoms. The topological polar surface area (TPSA) is 98.1 Å². The van der Waals surface area contributed by atoms with Crippen LogP contribution in [0.15, 0.2) is 73.3 Å². The van der Waals surface area contributed by atoms with Crippen molar-refractivity contribution >= 4 is 28.9 Å². The van der Waals surface area contributed by atoms with Crippen molar-refractivity contribution in [3.8, 4) is 5.75 Å². The molecule has 1 amide bonds. The lowest BCUT2D eigenvalue weighted by atomic mass is 10.1. The van der Waals surface area contributed by atoms with Crippen LogP contribution in [0.5, 0.6) is 5.75 Å². The second-order valence-corrected chi connectivity index (χ2v) is 7.95. The van der Waals surface area contributed by atoms with Crippen molar-refractivity contribution in [1.82, 2.24) is 25.2 Å². The number of benzene rings is 2. The Labute approximate surface area is 206 Å². The molecule has 11 heteroatoms. The molecule has 0 atom stereocenters. The van der Waals surface area contributed by atoms with Crippen molar-refractivity contribution in [2.45, 2.75) is 13.0 Å². The molecule has 0 aliphatic rings. The monoisotopic (exact) mass is 495 g/mol. The first-order valence-electron chi connectivity index (χ1n) is 10.9. The molecule has 2 aromatic heterocycles. The molecule has 4 aromatic rings. The van der Waals surface area contributed by atoms with Crippen LogP contribution < -0.4 is 15.0 Å². The van der Waals surface area contributed by atoms with E-state index in [0.717, 1.165) is 5.69 Å². The summed E-state index contributed by atoms with van der Waals surface area (Å²) in [5.74, 6) is -0.303. The van der Waals surface area contributed by atoms with Gasteiger partial charge in [0.25, 0.3) is 5.91 Å². The van der Waals surface area contributed by atoms with Crippen molar-refractivity contribution in [3.05, 3.63) is 89.7 Å². The Kier molecular flexibility index (Phi) is 8.18. The zero-order valence-corrected chi connectivity index (χ0v) is 19.5. The second-order valence-electron chi connectivity index (χ2n) is 7.51. The van der Waals surface area contributed by atoms with E-state index in [-0.39, 0.29) is 5.91 Å². The number of carbonyl (C=O) groups is 1. The minimum absolute atomic E-state index is 0.308. The number of nitrogens with one attached hydrogen (secondary N) is 1. The largest absolute Gasteiger partial charge is 0.492 e. The van der Waals surface area contributed by atoms with Crippen molar-refractivity contribution in [2.24, 2.45) is 0 Å². The molecule has 0 aliphatic heterocycles. The van der Waals surface area contributed by atoms with Gasteiger partial charge in [-0.2, -0.15) is 4.80 Å². The smallest absolute Gasteiger partial charge is 0.258 e. The number of rotatable bonds is 11. The first-order chi connectivity index (χ1) is 17.1. The lowest BCUT2D eigenvalue weighted by molar-refractivity contribution is 0.0985. The van der Waals surface area contributed by atoms with Crippen LogP contribution in [0.25, 0.3) is 0 Å². The summed E-state index contributed by atoms with van der Waals surface area (Å²) in [4.78, 5) is 20.4. The zero-order valence-electron chi connectivity index (χ0n) is 18.7. The van der Waals surface area contributed by atoms with Gasteiger partial charge in [0.1, 0.15) is 18.2 Å². The third-order valence-electron chi connectivity index (χ3n) is 4.99. The molecule has 9 nitrogen and oxygen atoms in total. The summed E-state index contributed by atoms with van der Waals surface area (Å²) in [6.45, 7) is 1.66. The second kappa shape index (κ2) is 11.9. The van der Waals surface area contributed by atoms with Crippen molar-refractivity contribution in [3.63, 3.8) is 0 Å². The highest BCUT2D eigenvalue weighted by molar-refractivity contribution is 6.31. The van der Waals surface area contributed by atoms with Crippen LogP contribution in [0.4, 0.5) is 15.8 Å². The van der Waals surface area contributed by atoms with E-state index in [4.69, 9.17) is 16.3 Å². The summed E-state index contributed by atoms with van der Waals surface area (Å²) < 4.78 is 19.8. The molecule has 180 valence electrons. The minimum atomic E-state index is -0.435. The van der Waals surface area contributed by atoms with E-state index in [2.05, 4.69) is 25.7 Å². The maximum atomic E-state index is 13.9. The van der Waals surface area contributed by atoms with E-state index in [1.807, 2.05) is 12.1 Å².